The van der Waals surface area contributed by atoms with Crippen LogP contribution in [-0.4, -0.2) is 41.6 Å². The Labute approximate surface area is 125 Å². The van der Waals surface area contributed by atoms with Gasteiger partial charge in [-0.1, -0.05) is 18.2 Å². The normalized spacial score (nSPS) is 13.8. The predicted octanol–water partition coefficient (Wildman–Crippen LogP) is 2.74. The highest BCUT2D eigenvalue weighted by Gasteiger charge is 2.30. The van der Waals surface area contributed by atoms with Crippen LogP contribution in [0.5, 0.6) is 0 Å². The van der Waals surface area contributed by atoms with Crippen molar-refractivity contribution in [1.29, 1.82) is 0 Å². The molecule has 0 aliphatic heterocycles. The van der Waals surface area contributed by atoms with Crippen molar-refractivity contribution in [2.45, 2.75) is 26.7 Å². The number of aryl methyl sites for hydroxylation is 1. The molecule has 1 aromatic rings. The number of aliphatic carboxylic acids is 1. The van der Waals surface area contributed by atoms with E-state index in [9.17, 15) is 9.59 Å². The van der Waals surface area contributed by atoms with Gasteiger partial charge in [0.2, 0.25) is 0 Å². The number of carboxylic acid groups (broad SMARTS) is 1. The van der Waals surface area contributed by atoms with Gasteiger partial charge in [0.25, 0.3) is 0 Å². The quantitative estimate of drug-likeness (QED) is 0.876. The van der Waals surface area contributed by atoms with Gasteiger partial charge in [-0.2, -0.15) is 0 Å². The summed E-state index contributed by atoms with van der Waals surface area (Å²) >= 11 is 0. The summed E-state index contributed by atoms with van der Waals surface area (Å²) in [5.74, 6) is -0.506. The summed E-state index contributed by atoms with van der Waals surface area (Å²) in [5.41, 5.74) is 1.85. The molecular formula is C16H22N2O3. The molecule has 1 aromatic carbocycles. The number of anilines is 1. The molecule has 0 aromatic heterocycles. The van der Waals surface area contributed by atoms with E-state index < -0.39 is 5.97 Å². The molecule has 2 amide bonds. The zero-order chi connectivity index (χ0) is 15.4. The molecule has 0 radical (unpaired) electrons. The first-order valence-electron chi connectivity index (χ1n) is 7.36. The fourth-order valence-corrected chi connectivity index (χ4v) is 2.43. The molecule has 5 heteroatoms. The second-order valence-electron chi connectivity index (χ2n) is 5.53. The maximum Gasteiger partial charge on any atom is 0.325 e. The third-order valence-corrected chi connectivity index (χ3v) is 3.73. The van der Waals surface area contributed by atoms with Gasteiger partial charge in [-0.15, -0.1) is 0 Å². The van der Waals surface area contributed by atoms with Crippen molar-refractivity contribution in [3.8, 4) is 0 Å². The molecule has 0 saturated heterocycles. The molecule has 1 fully saturated rings. The lowest BCUT2D eigenvalue weighted by atomic mass is 10.2. The third kappa shape index (κ3) is 3.97. The minimum absolute atomic E-state index is 0.221. The van der Waals surface area contributed by atoms with Crippen LogP contribution in [0.4, 0.5) is 10.5 Å². The summed E-state index contributed by atoms with van der Waals surface area (Å²) in [5, 5.41) is 9.03. The number of nitrogens with zero attached hydrogens (tertiary/aromatic N) is 2. The number of carboxylic acids is 1. The molecule has 1 saturated carbocycles. The van der Waals surface area contributed by atoms with Crippen LogP contribution >= 0.6 is 0 Å². The van der Waals surface area contributed by atoms with E-state index in [0.717, 1.165) is 24.1 Å². The summed E-state index contributed by atoms with van der Waals surface area (Å²) in [6.45, 7) is 4.67. The van der Waals surface area contributed by atoms with Gasteiger partial charge >= 0.3 is 12.0 Å². The monoisotopic (exact) mass is 290 g/mol. The van der Waals surface area contributed by atoms with Gasteiger partial charge in [0.15, 0.2) is 0 Å². The van der Waals surface area contributed by atoms with Crippen LogP contribution in [0.1, 0.15) is 25.3 Å². The van der Waals surface area contributed by atoms with Crippen LogP contribution in [0.2, 0.25) is 0 Å². The lowest BCUT2D eigenvalue weighted by Crippen LogP contribution is -2.46. The molecule has 5 nitrogen and oxygen atoms in total. The maximum atomic E-state index is 12.7. The Hall–Kier alpha value is -2.04. The Balaban J connectivity index is 2.19. The predicted molar refractivity (Wildman–Crippen MR) is 81.5 cm³/mol. The van der Waals surface area contributed by atoms with Gasteiger partial charge in [0.05, 0.1) is 0 Å². The summed E-state index contributed by atoms with van der Waals surface area (Å²) < 4.78 is 0. The number of urea groups is 1. The maximum absolute atomic E-state index is 12.7. The van der Waals surface area contributed by atoms with E-state index in [-0.39, 0.29) is 12.6 Å². The number of carbonyl (C=O) groups excluding carboxylic acids is 1. The number of rotatable bonds is 6. The first kappa shape index (κ1) is 15.4. The van der Waals surface area contributed by atoms with Crippen molar-refractivity contribution in [2.24, 2.45) is 5.92 Å². The summed E-state index contributed by atoms with van der Waals surface area (Å²) in [7, 11) is 0. The summed E-state index contributed by atoms with van der Waals surface area (Å²) in [4.78, 5) is 26.8. The molecule has 0 bridgehead atoms. The molecule has 0 spiro atoms. The lowest BCUT2D eigenvalue weighted by Gasteiger charge is -2.30. The molecule has 2 rings (SSSR count). The van der Waals surface area contributed by atoms with Crippen molar-refractivity contribution < 1.29 is 14.7 Å². The Morgan fingerprint density at radius 3 is 2.48 bits per heavy atom. The van der Waals surface area contributed by atoms with Crippen LogP contribution in [-0.2, 0) is 4.79 Å². The fraction of sp³-hybridized carbons (Fsp3) is 0.500. The van der Waals surface area contributed by atoms with Crippen molar-refractivity contribution in [3.05, 3.63) is 29.8 Å². The Bertz CT molecular complexity index is 526. The third-order valence-electron chi connectivity index (χ3n) is 3.73. The van der Waals surface area contributed by atoms with Gasteiger partial charge in [0.1, 0.15) is 6.54 Å². The molecule has 1 aliphatic carbocycles. The van der Waals surface area contributed by atoms with Gasteiger partial charge in [0, 0.05) is 18.8 Å². The molecular weight excluding hydrogens is 268 g/mol. The van der Waals surface area contributed by atoms with Gasteiger partial charge < -0.3 is 10.0 Å². The number of carbonyl (C=O) groups is 2. The van der Waals surface area contributed by atoms with E-state index in [1.165, 1.54) is 4.90 Å². The average Bonchev–Trinajstić information content (AvgIpc) is 3.24. The fourth-order valence-electron chi connectivity index (χ4n) is 2.43. The molecule has 114 valence electrons. The molecule has 0 unspecified atom stereocenters. The SMILES string of the molecule is CCN(C(=O)N(CC(=O)O)CC1CC1)c1ccccc1C. The second-order valence-corrected chi connectivity index (χ2v) is 5.53. The molecule has 0 atom stereocenters. The van der Waals surface area contributed by atoms with Gasteiger partial charge in [-0.3, -0.25) is 9.69 Å². The zero-order valence-electron chi connectivity index (χ0n) is 12.6. The largest absolute Gasteiger partial charge is 0.480 e. The molecule has 21 heavy (non-hydrogen) atoms. The average molecular weight is 290 g/mol. The van der Waals surface area contributed by atoms with E-state index in [4.69, 9.17) is 5.11 Å². The Kier molecular flexibility index (Phi) is 4.83. The van der Waals surface area contributed by atoms with Gasteiger partial charge in [-0.05, 0) is 44.2 Å². The van der Waals surface area contributed by atoms with Crippen LogP contribution in [0.3, 0.4) is 0 Å². The Morgan fingerprint density at radius 1 is 1.29 bits per heavy atom. The molecule has 0 heterocycles. The van der Waals surface area contributed by atoms with Crippen LogP contribution in [0, 0.1) is 12.8 Å². The van der Waals surface area contributed by atoms with Crippen molar-refractivity contribution in [2.75, 3.05) is 24.5 Å². The topological polar surface area (TPSA) is 60.9 Å². The van der Waals surface area contributed by atoms with Crippen LogP contribution in [0.25, 0.3) is 0 Å². The van der Waals surface area contributed by atoms with Crippen LogP contribution in [0.15, 0.2) is 24.3 Å². The lowest BCUT2D eigenvalue weighted by molar-refractivity contribution is -0.137. The minimum atomic E-state index is -0.968. The first-order valence-corrected chi connectivity index (χ1v) is 7.36. The first-order chi connectivity index (χ1) is 10.0. The Morgan fingerprint density at radius 2 is 1.95 bits per heavy atom. The standard InChI is InChI=1S/C16H22N2O3/c1-3-18(14-7-5-4-6-12(14)2)16(21)17(11-15(19)20)10-13-8-9-13/h4-7,13H,3,8-11H2,1-2H3,(H,19,20). The summed E-state index contributed by atoms with van der Waals surface area (Å²) in [6.07, 6.45) is 2.17. The highest BCUT2D eigenvalue weighted by Crippen LogP contribution is 2.30. The number of hydrogen-bond donors (Lipinski definition) is 1. The highest BCUT2D eigenvalue weighted by atomic mass is 16.4. The van der Waals surface area contributed by atoms with E-state index in [2.05, 4.69) is 0 Å². The zero-order valence-corrected chi connectivity index (χ0v) is 12.6. The van der Waals surface area contributed by atoms with Crippen LogP contribution < -0.4 is 4.90 Å². The number of para-hydroxylation sites is 1. The smallest absolute Gasteiger partial charge is 0.325 e. The minimum Gasteiger partial charge on any atom is -0.480 e. The van der Waals surface area contributed by atoms with E-state index >= 15 is 0 Å². The highest BCUT2D eigenvalue weighted by molar-refractivity contribution is 5.94. The van der Waals surface area contributed by atoms with E-state index in [0.29, 0.717) is 19.0 Å². The van der Waals surface area contributed by atoms with Crippen molar-refractivity contribution >= 4 is 17.7 Å². The summed E-state index contributed by atoms with van der Waals surface area (Å²) in [6, 6.07) is 7.44. The molecule has 1 N–H and O–H groups in total. The van der Waals surface area contributed by atoms with E-state index in [1.54, 1.807) is 4.90 Å². The number of amides is 2. The van der Waals surface area contributed by atoms with Gasteiger partial charge in [-0.25, -0.2) is 4.79 Å². The second kappa shape index (κ2) is 6.61. The van der Waals surface area contributed by atoms with Crippen molar-refractivity contribution in [1.82, 2.24) is 4.90 Å². The molecule has 1 aliphatic rings. The number of benzene rings is 1. The number of hydrogen-bond acceptors (Lipinski definition) is 2. The van der Waals surface area contributed by atoms with Crippen molar-refractivity contribution in [3.63, 3.8) is 0 Å². The van der Waals surface area contributed by atoms with E-state index in [1.807, 2.05) is 38.1 Å².